The molecule has 2 amide bonds. The summed E-state index contributed by atoms with van der Waals surface area (Å²) in [6.07, 6.45) is 4.08. The highest BCUT2D eigenvalue weighted by Crippen LogP contribution is 2.12. The molecule has 0 aromatic carbocycles. The molecule has 0 atom stereocenters. The van der Waals surface area contributed by atoms with E-state index in [0.29, 0.717) is 31.2 Å². The fourth-order valence-corrected chi connectivity index (χ4v) is 2.42. The summed E-state index contributed by atoms with van der Waals surface area (Å²) in [6.45, 7) is 9.31. The Bertz CT molecular complexity index is 536. The zero-order chi connectivity index (χ0) is 16.8. The van der Waals surface area contributed by atoms with E-state index in [-0.39, 0.29) is 11.8 Å². The maximum Gasteiger partial charge on any atom is 0.271 e. The largest absolute Gasteiger partial charge is 0.352 e. The van der Waals surface area contributed by atoms with Crippen LogP contribution < -0.4 is 10.2 Å². The average Bonchev–Trinajstić information content (AvgIpc) is 2.54. The Labute approximate surface area is 137 Å². The van der Waals surface area contributed by atoms with Crippen molar-refractivity contribution in [3.63, 3.8) is 0 Å². The van der Waals surface area contributed by atoms with Crippen LogP contribution in [0.2, 0.25) is 0 Å². The number of hydrogen-bond donors (Lipinski definition) is 1. The molecule has 7 nitrogen and oxygen atoms in total. The first kappa shape index (κ1) is 17.2. The molecule has 7 heteroatoms. The number of aromatic nitrogens is 2. The summed E-state index contributed by atoms with van der Waals surface area (Å²) in [7, 11) is 0. The highest BCUT2D eigenvalue weighted by atomic mass is 16.2. The van der Waals surface area contributed by atoms with Crippen LogP contribution in [0, 0.1) is 5.92 Å². The van der Waals surface area contributed by atoms with Crippen LogP contribution >= 0.6 is 0 Å². The number of nitrogens with zero attached hydrogens (tertiary/aromatic N) is 4. The Morgan fingerprint density at radius 1 is 1.17 bits per heavy atom. The van der Waals surface area contributed by atoms with Crippen molar-refractivity contribution in [2.45, 2.75) is 27.2 Å². The van der Waals surface area contributed by atoms with E-state index in [1.54, 1.807) is 13.1 Å². The van der Waals surface area contributed by atoms with E-state index >= 15 is 0 Å². The van der Waals surface area contributed by atoms with Gasteiger partial charge in [0.2, 0.25) is 5.91 Å². The molecule has 1 aliphatic heterocycles. The quantitative estimate of drug-likeness (QED) is 0.873. The lowest BCUT2D eigenvalue weighted by Crippen LogP contribution is -2.48. The number of piperazine rings is 1. The van der Waals surface area contributed by atoms with Crippen molar-refractivity contribution in [1.29, 1.82) is 0 Å². The third-order valence-electron chi connectivity index (χ3n) is 3.93. The summed E-state index contributed by atoms with van der Waals surface area (Å²) in [5.41, 5.74) is 0.333. The van der Waals surface area contributed by atoms with Crippen LogP contribution in [0.25, 0.3) is 0 Å². The number of carbonyl (C=O) groups excluding carboxylic acids is 2. The fraction of sp³-hybridized carbons (Fsp3) is 0.625. The molecule has 0 spiro atoms. The minimum absolute atomic E-state index is 0.101. The molecule has 2 heterocycles. The first-order valence-corrected chi connectivity index (χ1v) is 8.08. The first-order chi connectivity index (χ1) is 11.0. The van der Waals surface area contributed by atoms with Gasteiger partial charge >= 0.3 is 0 Å². The van der Waals surface area contributed by atoms with Crippen LogP contribution in [0.1, 0.15) is 37.7 Å². The number of anilines is 1. The lowest BCUT2D eigenvalue weighted by Gasteiger charge is -2.34. The molecule has 23 heavy (non-hydrogen) atoms. The number of hydrogen-bond acceptors (Lipinski definition) is 5. The zero-order valence-electron chi connectivity index (χ0n) is 14.1. The van der Waals surface area contributed by atoms with E-state index in [4.69, 9.17) is 0 Å². The van der Waals surface area contributed by atoms with E-state index in [9.17, 15) is 9.59 Å². The second-order valence-corrected chi connectivity index (χ2v) is 6.19. The lowest BCUT2D eigenvalue weighted by molar-refractivity contribution is -0.129. The Kier molecular flexibility index (Phi) is 5.90. The van der Waals surface area contributed by atoms with Crippen molar-refractivity contribution >= 4 is 17.6 Å². The summed E-state index contributed by atoms with van der Waals surface area (Å²) < 4.78 is 0. The van der Waals surface area contributed by atoms with Gasteiger partial charge in [-0.25, -0.2) is 9.97 Å². The van der Waals surface area contributed by atoms with Crippen molar-refractivity contribution < 1.29 is 9.59 Å². The van der Waals surface area contributed by atoms with E-state index in [2.05, 4.69) is 34.0 Å². The van der Waals surface area contributed by atoms with Crippen molar-refractivity contribution in [3.05, 3.63) is 18.1 Å². The summed E-state index contributed by atoms with van der Waals surface area (Å²) in [5.74, 6) is 1.21. The summed E-state index contributed by atoms with van der Waals surface area (Å²) in [4.78, 5) is 35.7. The second kappa shape index (κ2) is 7.89. The molecular weight excluding hydrogens is 294 g/mol. The van der Waals surface area contributed by atoms with E-state index < -0.39 is 0 Å². The van der Waals surface area contributed by atoms with Gasteiger partial charge in [-0.2, -0.15) is 0 Å². The lowest BCUT2D eigenvalue weighted by atomic mass is 10.1. The van der Waals surface area contributed by atoms with Crippen LogP contribution in [0.4, 0.5) is 5.82 Å². The van der Waals surface area contributed by atoms with Gasteiger partial charge in [0.15, 0.2) is 0 Å². The van der Waals surface area contributed by atoms with Crippen LogP contribution in [0.15, 0.2) is 12.4 Å². The van der Waals surface area contributed by atoms with Gasteiger partial charge in [0, 0.05) is 39.6 Å². The normalized spacial score (nSPS) is 15.0. The molecule has 2 rings (SSSR count). The predicted molar refractivity (Wildman–Crippen MR) is 88.3 cm³/mol. The molecule has 0 saturated carbocycles. The highest BCUT2D eigenvalue weighted by molar-refractivity contribution is 5.91. The number of amides is 2. The maximum atomic E-state index is 12.0. The smallest absolute Gasteiger partial charge is 0.271 e. The molecule has 1 N–H and O–H groups in total. The maximum absolute atomic E-state index is 12.0. The van der Waals surface area contributed by atoms with Gasteiger partial charge in [0.05, 0.1) is 12.4 Å². The van der Waals surface area contributed by atoms with Gasteiger partial charge in [-0.15, -0.1) is 0 Å². The molecule has 1 aromatic heterocycles. The van der Waals surface area contributed by atoms with Gasteiger partial charge in [0.1, 0.15) is 11.5 Å². The Hall–Kier alpha value is -2.18. The summed E-state index contributed by atoms with van der Waals surface area (Å²) >= 11 is 0. The van der Waals surface area contributed by atoms with Crippen molar-refractivity contribution in [2.75, 3.05) is 37.6 Å². The molecule has 1 saturated heterocycles. The average molecular weight is 319 g/mol. The van der Waals surface area contributed by atoms with Crippen LogP contribution in [-0.4, -0.2) is 59.4 Å². The number of rotatable bonds is 5. The molecule has 1 aromatic rings. The van der Waals surface area contributed by atoms with Gasteiger partial charge in [0.25, 0.3) is 5.91 Å². The molecule has 1 fully saturated rings. The van der Waals surface area contributed by atoms with Crippen molar-refractivity contribution in [1.82, 2.24) is 20.2 Å². The molecule has 0 aliphatic carbocycles. The predicted octanol–water partition coefficient (Wildman–Crippen LogP) is 0.921. The number of carbonyl (C=O) groups is 2. The van der Waals surface area contributed by atoms with Crippen LogP contribution in [0.3, 0.4) is 0 Å². The minimum Gasteiger partial charge on any atom is -0.352 e. The Balaban J connectivity index is 1.87. The van der Waals surface area contributed by atoms with E-state index in [1.165, 1.54) is 6.20 Å². The Morgan fingerprint density at radius 3 is 2.39 bits per heavy atom. The molecule has 0 bridgehead atoms. The van der Waals surface area contributed by atoms with Gasteiger partial charge in [-0.1, -0.05) is 13.8 Å². The van der Waals surface area contributed by atoms with E-state index in [0.717, 1.165) is 25.3 Å². The minimum atomic E-state index is -0.189. The molecule has 1 aliphatic rings. The molecule has 126 valence electrons. The fourth-order valence-electron chi connectivity index (χ4n) is 2.42. The SMILES string of the molecule is CC(=O)N1CCN(c2cnc(C(=O)NCCC(C)C)cn2)CC1. The van der Waals surface area contributed by atoms with E-state index in [1.807, 2.05) is 4.90 Å². The van der Waals surface area contributed by atoms with Crippen molar-refractivity contribution in [2.24, 2.45) is 5.92 Å². The monoisotopic (exact) mass is 319 g/mol. The number of nitrogens with one attached hydrogen (secondary N) is 1. The standard InChI is InChI=1S/C16H25N5O2/c1-12(2)4-5-17-16(23)14-10-19-15(11-18-14)21-8-6-20(7-9-21)13(3)22/h10-12H,4-9H2,1-3H3,(H,17,23). The van der Waals surface area contributed by atoms with Gasteiger partial charge in [-0.3, -0.25) is 9.59 Å². The van der Waals surface area contributed by atoms with Gasteiger partial charge in [-0.05, 0) is 12.3 Å². The summed E-state index contributed by atoms with van der Waals surface area (Å²) in [6, 6.07) is 0. The van der Waals surface area contributed by atoms with Crippen LogP contribution in [0.5, 0.6) is 0 Å². The summed E-state index contributed by atoms with van der Waals surface area (Å²) in [5, 5.41) is 2.85. The first-order valence-electron chi connectivity index (χ1n) is 8.08. The topological polar surface area (TPSA) is 78.4 Å². The third kappa shape index (κ3) is 4.91. The zero-order valence-corrected chi connectivity index (χ0v) is 14.1. The molecular formula is C16H25N5O2. The molecule has 0 unspecified atom stereocenters. The Morgan fingerprint density at radius 2 is 1.87 bits per heavy atom. The second-order valence-electron chi connectivity index (χ2n) is 6.19. The highest BCUT2D eigenvalue weighted by Gasteiger charge is 2.20. The van der Waals surface area contributed by atoms with Gasteiger partial charge < -0.3 is 15.1 Å². The van der Waals surface area contributed by atoms with Crippen LogP contribution in [-0.2, 0) is 4.79 Å². The third-order valence-corrected chi connectivity index (χ3v) is 3.93. The molecule has 0 radical (unpaired) electrons. The van der Waals surface area contributed by atoms with Crippen molar-refractivity contribution in [3.8, 4) is 0 Å².